The van der Waals surface area contributed by atoms with Gasteiger partial charge in [0, 0.05) is 11.6 Å². The fraction of sp³-hybridized carbons (Fsp3) is 0.278. The normalized spacial score (nSPS) is 15.0. The minimum absolute atomic E-state index is 0.150. The fourth-order valence-electron chi connectivity index (χ4n) is 2.91. The van der Waals surface area contributed by atoms with E-state index >= 15 is 0 Å². The number of anilines is 1. The first-order valence-corrected chi connectivity index (χ1v) is 9.73. The van der Waals surface area contributed by atoms with Crippen LogP contribution < -0.4 is 10.0 Å². The van der Waals surface area contributed by atoms with E-state index < -0.39 is 27.3 Å². The fourth-order valence-corrected chi connectivity index (χ4v) is 3.99. The molecule has 2 N–H and O–H groups in total. The Kier molecular flexibility index (Phi) is 5.22. The zero-order valence-electron chi connectivity index (χ0n) is 13.8. The lowest BCUT2D eigenvalue weighted by molar-refractivity contribution is 0.0938. The van der Waals surface area contributed by atoms with Crippen LogP contribution in [0.4, 0.5) is 14.5 Å². The van der Waals surface area contributed by atoms with Crippen molar-refractivity contribution in [3.05, 3.63) is 59.7 Å². The van der Waals surface area contributed by atoms with Gasteiger partial charge in [-0.05, 0) is 49.2 Å². The number of nitrogens with one attached hydrogen (secondary N) is 2. The first-order chi connectivity index (χ1) is 12.4. The molecule has 26 heavy (non-hydrogen) atoms. The molecule has 0 aliphatic heterocycles. The average molecular weight is 380 g/mol. The summed E-state index contributed by atoms with van der Waals surface area (Å²) >= 11 is 0. The Balaban J connectivity index is 1.75. The summed E-state index contributed by atoms with van der Waals surface area (Å²) in [5, 5.41) is 2.90. The molecule has 138 valence electrons. The lowest BCUT2D eigenvalue weighted by atomic mass is 10.2. The van der Waals surface area contributed by atoms with Crippen molar-refractivity contribution in [3.63, 3.8) is 0 Å². The quantitative estimate of drug-likeness (QED) is 0.834. The smallest absolute Gasteiger partial charge is 0.262 e. The van der Waals surface area contributed by atoms with Gasteiger partial charge in [0.15, 0.2) is 0 Å². The number of para-hydroxylation sites is 1. The highest BCUT2D eigenvalue weighted by molar-refractivity contribution is 7.92. The third kappa shape index (κ3) is 4.01. The molecule has 1 aliphatic carbocycles. The Labute approximate surface area is 150 Å². The third-order valence-corrected chi connectivity index (χ3v) is 5.68. The minimum atomic E-state index is -4.18. The number of carbonyl (C=O) groups excluding carboxylic acids is 1. The zero-order valence-corrected chi connectivity index (χ0v) is 14.7. The Bertz CT molecular complexity index is 888. The van der Waals surface area contributed by atoms with Crippen LogP contribution in [-0.2, 0) is 10.0 Å². The Morgan fingerprint density at radius 1 is 0.962 bits per heavy atom. The number of amides is 1. The second-order valence-electron chi connectivity index (χ2n) is 6.18. The summed E-state index contributed by atoms with van der Waals surface area (Å²) < 4.78 is 53.8. The van der Waals surface area contributed by atoms with Crippen LogP contribution in [0.3, 0.4) is 0 Å². The van der Waals surface area contributed by atoms with Crippen molar-refractivity contribution in [3.8, 4) is 0 Å². The minimum Gasteiger partial charge on any atom is -0.349 e. The summed E-state index contributed by atoms with van der Waals surface area (Å²) in [4.78, 5) is 12.0. The maximum atomic E-state index is 13.6. The molecule has 0 radical (unpaired) electrons. The molecule has 2 aromatic carbocycles. The Morgan fingerprint density at radius 3 is 2.12 bits per heavy atom. The number of sulfonamides is 1. The second-order valence-corrected chi connectivity index (χ2v) is 7.86. The zero-order chi connectivity index (χ0) is 18.7. The summed E-state index contributed by atoms with van der Waals surface area (Å²) in [6.45, 7) is 0. The Hall–Kier alpha value is -2.48. The van der Waals surface area contributed by atoms with Crippen LogP contribution >= 0.6 is 0 Å². The highest BCUT2D eigenvalue weighted by Crippen LogP contribution is 2.23. The van der Waals surface area contributed by atoms with Gasteiger partial charge < -0.3 is 5.32 Å². The van der Waals surface area contributed by atoms with E-state index in [-0.39, 0.29) is 16.8 Å². The van der Waals surface area contributed by atoms with E-state index in [2.05, 4.69) is 5.32 Å². The first kappa shape index (κ1) is 18.3. The number of benzene rings is 2. The van der Waals surface area contributed by atoms with Crippen LogP contribution in [0.1, 0.15) is 36.0 Å². The summed E-state index contributed by atoms with van der Waals surface area (Å²) in [6.07, 6.45) is 4.05. The van der Waals surface area contributed by atoms with E-state index in [4.69, 9.17) is 0 Å². The van der Waals surface area contributed by atoms with Gasteiger partial charge in [0.25, 0.3) is 15.9 Å². The number of halogens is 2. The van der Waals surface area contributed by atoms with Gasteiger partial charge in [-0.1, -0.05) is 18.9 Å². The topological polar surface area (TPSA) is 75.3 Å². The molecule has 0 bridgehead atoms. The monoisotopic (exact) mass is 380 g/mol. The molecule has 8 heteroatoms. The lowest BCUT2D eigenvalue weighted by Crippen LogP contribution is -2.32. The molecular weight excluding hydrogens is 362 g/mol. The predicted molar refractivity (Wildman–Crippen MR) is 93.3 cm³/mol. The first-order valence-electron chi connectivity index (χ1n) is 8.24. The highest BCUT2D eigenvalue weighted by Gasteiger charge is 2.21. The highest BCUT2D eigenvalue weighted by atomic mass is 32.2. The van der Waals surface area contributed by atoms with Gasteiger partial charge >= 0.3 is 0 Å². The number of carbonyl (C=O) groups is 1. The van der Waals surface area contributed by atoms with Crippen molar-refractivity contribution in [2.24, 2.45) is 0 Å². The van der Waals surface area contributed by atoms with E-state index in [9.17, 15) is 22.0 Å². The Morgan fingerprint density at radius 2 is 1.54 bits per heavy atom. The van der Waals surface area contributed by atoms with E-state index in [1.807, 2.05) is 4.72 Å². The standard InChI is InChI=1S/C18H18F2N2O3S/c19-15-6-3-7-16(20)17(15)22-26(24,25)14-10-8-12(9-11-14)18(23)21-13-4-1-2-5-13/h3,6-11,13,22H,1-2,4-5H2,(H,21,23). The molecule has 0 unspecified atom stereocenters. The summed E-state index contributed by atoms with van der Waals surface area (Å²) in [5.41, 5.74) is -0.413. The van der Waals surface area contributed by atoms with Crippen LogP contribution in [0.25, 0.3) is 0 Å². The molecule has 1 fully saturated rings. The average Bonchev–Trinajstić information content (AvgIpc) is 3.11. The lowest BCUT2D eigenvalue weighted by Gasteiger charge is -2.13. The number of rotatable bonds is 5. The molecule has 1 amide bonds. The molecule has 3 rings (SSSR count). The molecule has 0 spiro atoms. The van der Waals surface area contributed by atoms with Gasteiger partial charge in [-0.25, -0.2) is 17.2 Å². The van der Waals surface area contributed by atoms with Crippen LogP contribution in [-0.4, -0.2) is 20.4 Å². The summed E-state index contributed by atoms with van der Waals surface area (Å²) in [6, 6.07) is 8.40. The van der Waals surface area contributed by atoms with Crippen molar-refractivity contribution < 1.29 is 22.0 Å². The van der Waals surface area contributed by atoms with E-state index in [1.165, 1.54) is 24.3 Å². The van der Waals surface area contributed by atoms with Crippen LogP contribution in [0.15, 0.2) is 47.4 Å². The van der Waals surface area contributed by atoms with Crippen molar-refractivity contribution >= 4 is 21.6 Å². The van der Waals surface area contributed by atoms with E-state index in [0.29, 0.717) is 5.56 Å². The molecule has 2 aromatic rings. The van der Waals surface area contributed by atoms with Gasteiger partial charge in [-0.15, -0.1) is 0 Å². The largest absolute Gasteiger partial charge is 0.349 e. The van der Waals surface area contributed by atoms with E-state index in [0.717, 1.165) is 43.9 Å². The molecular formula is C18H18F2N2O3S. The molecule has 1 saturated carbocycles. The molecule has 0 saturated heterocycles. The van der Waals surface area contributed by atoms with E-state index in [1.54, 1.807) is 0 Å². The third-order valence-electron chi connectivity index (χ3n) is 4.32. The molecule has 0 aromatic heterocycles. The molecule has 5 nitrogen and oxygen atoms in total. The van der Waals surface area contributed by atoms with Gasteiger partial charge in [0.2, 0.25) is 0 Å². The van der Waals surface area contributed by atoms with Crippen LogP contribution in [0.5, 0.6) is 0 Å². The second kappa shape index (κ2) is 7.41. The van der Waals surface area contributed by atoms with Crippen molar-refractivity contribution in [1.82, 2.24) is 5.32 Å². The van der Waals surface area contributed by atoms with Gasteiger partial charge in [0.05, 0.1) is 4.90 Å². The molecule has 0 heterocycles. The van der Waals surface area contributed by atoms with Crippen molar-refractivity contribution in [1.29, 1.82) is 0 Å². The molecule has 1 aliphatic rings. The maximum absolute atomic E-state index is 13.6. The SMILES string of the molecule is O=C(NC1CCCC1)c1ccc(S(=O)(=O)Nc2c(F)cccc2F)cc1. The van der Waals surface area contributed by atoms with Gasteiger partial charge in [-0.2, -0.15) is 0 Å². The number of hydrogen-bond acceptors (Lipinski definition) is 3. The van der Waals surface area contributed by atoms with Crippen molar-refractivity contribution in [2.45, 2.75) is 36.6 Å². The summed E-state index contributed by atoms with van der Waals surface area (Å²) in [5.74, 6) is -2.30. The van der Waals surface area contributed by atoms with Gasteiger partial charge in [0.1, 0.15) is 17.3 Å². The number of hydrogen-bond donors (Lipinski definition) is 2. The predicted octanol–water partition coefficient (Wildman–Crippen LogP) is 3.44. The molecule has 0 atom stereocenters. The van der Waals surface area contributed by atoms with Crippen LogP contribution in [0.2, 0.25) is 0 Å². The summed E-state index contributed by atoms with van der Waals surface area (Å²) in [7, 11) is -4.18. The van der Waals surface area contributed by atoms with Crippen LogP contribution in [0, 0.1) is 11.6 Å². The maximum Gasteiger partial charge on any atom is 0.262 e. The van der Waals surface area contributed by atoms with Crippen molar-refractivity contribution in [2.75, 3.05) is 4.72 Å². The van der Waals surface area contributed by atoms with Gasteiger partial charge in [-0.3, -0.25) is 9.52 Å².